The summed E-state index contributed by atoms with van der Waals surface area (Å²) >= 11 is 1.23. The van der Waals surface area contributed by atoms with E-state index in [1.165, 1.54) is 17.5 Å². The lowest BCUT2D eigenvalue weighted by Crippen LogP contribution is -2.18. The van der Waals surface area contributed by atoms with Crippen molar-refractivity contribution in [3.05, 3.63) is 33.7 Å². The third kappa shape index (κ3) is 3.39. The van der Waals surface area contributed by atoms with Gasteiger partial charge in [-0.05, 0) is 55.6 Å². The molecule has 0 saturated carbocycles. The first-order valence-electron chi connectivity index (χ1n) is 9.24. The second-order valence-corrected chi connectivity index (χ2v) is 10.2. The summed E-state index contributed by atoms with van der Waals surface area (Å²) in [4.78, 5) is 21.6. The highest BCUT2D eigenvalue weighted by Crippen LogP contribution is 2.41. The van der Waals surface area contributed by atoms with Crippen molar-refractivity contribution in [2.45, 2.75) is 62.5 Å². The van der Waals surface area contributed by atoms with Crippen LogP contribution in [-0.4, -0.2) is 20.2 Å². The molecular formula is C18H23N5O2S2. The SMILES string of the molecule is CCc1ncc([S@](N)(=O)=NC(=O)Nc2c3c(nc4c2CC[C@H]4C)CCC3)s1. The Hall–Kier alpha value is -1.84. The fourth-order valence-electron chi connectivity index (χ4n) is 3.84. The van der Waals surface area contributed by atoms with Crippen molar-refractivity contribution in [3.8, 4) is 0 Å². The largest absolute Gasteiger partial charge is 0.354 e. The first-order valence-corrected chi connectivity index (χ1v) is 11.6. The summed E-state index contributed by atoms with van der Waals surface area (Å²) in [6.07, 6.45) is 6.95. The average Bonchev–Trinajstić information content (AvgIpc) is 3.34. The van der Waals surface area contributed by atoms with Gasteiger partial charge in [-0.1, -0.05) is 13.8 Å². The number of anilines is 1. The van der Waals surface area contributed by atoms with E-state index >= 15 is 0 Å². The second kappa shape index (κ2) is 6.96. The molecule has 0 fully saturated rings. The van der Waals surface area contributed by atoms with E-state index in [4.69, 9.17) is 10.1 Å². The van der Waals surface area contributed by atoms with Crippen LogP contribution in [0.15, 0.2) is 14.8 Å². The van der Waals surface area contributed by atoms with Crippen LogP contribution < -0.4 is 10.5 Å². The summed E-state index contributed by atoms with van der Waals surface area (Å²) in [7, 11) is -3.30. The summed E-state index contributed by atoms with van der Waals surface area (Å²) in [5.74, 6) is 0.391. The number of urea groups is 1. The number of pyridine rings is 1. The minimum atomic E-state index is -3.30. The third-order valence-corrected chi connectivity index (χ3v) is 8.25. The first-order chi connectivity index (χ1) is 12.9. The topological polar surface area (TPSA) is 110 Å². The van der Waals surface area contributed by atoms with Crippen molar-refractivity contribution in [2.75, 3.05) is 5.32 Å². The van der Waals surface area contributed by atoms with Crippen molar-refractivity contribution in [3.63, 3.8) is 0 Å². The van der Waals surface area contributed by atoms with Crippen LogP contribution >= 0.6 is 11.3 Å². The van der Waals surface area contributed by atoms with Gasteiger partial charge >= 0.3 is 6.03 Å². The van der Waals surface area contributed by atoms with E-state index in [-0.39, 0.29) is 0 Å². The van der Waals surface area contributed by atoms with E-state index in [1.807, 2.05) is 6.92 Å². The van der Waals surface area contributed by atoms with Gasteiger partial charge in [0.05, 0.1) is 16.9 Å². The monoisotopic (exact) mass is 405 g/mol. The van der Waals surface area contributed by atoms with Gasteiger partial charge < -0.3 is 5.32 Å². The van der Waals surface area contributed by atoms with Gasteiger partial charge in [0, 0.05) is 11.4 Å². The predicted molar refractivity (Wildman–Crippen MR) is 107 cm³/mol. The summed E-state index contributed by atoms with van der Waals surface area (Å²) < 4.78 is 16.9. The Morgan fingerprint density at radius 3 is 2.96 bits per heavy atom. The quantitative estimate of drug-likeness (QED) is 0.813. The lowest BCUT2D eigenvalue weighted by Gasteiger charge is -2.15. The molecule has 9 heteroatoms. The molecule has 0 bridgehead atoms. The lowest BCUT2D eigenvalue weighted by molar-refractivity contribution is 0.260. The fraction of sp³-hybridized carbons (Fsp3) is 0.500. The van der Waals surface area contributed by atoms with Crippen molar-refractivity contribution in [2.24, 2.45) is 9.50 Å². The smallest absolute Gasteiger partial charge is 0.305 e. The van der Waals surface area contributed by atoms with Crippen LogP contribution in [0.1, 0.15) is 60.1 Å². The van der Waals surface area contributed by atoms with Crippen LogP contribution in [0.3, 0.4) is 0 Å². The van der Waals surface area contributed by atoms with Crippen molar-refractivity contribution in [1.29, 1.82) is 0 Å². The van der Waals surface area contributed by atoms with E-state index < -0.39 is 15.9 Å². The van der Waals surface area contributed by atoms with E-state index in [1.54, 1.807) is 0 Å². The van der Waals surface area contributed by atoms with E-state index in [0.717, 1.165) is 71.7 Å². The highest BCUT2D eigenvalue weighted by molar-refractivity contribution is 7.93. The number of carbonyl (C=O) groups is 1. The Balaban J connectivity index is 1.68. The molecular weight excluding hydrogens is 382 g/mol. The number of nitrogens with one attached hydrogen (secondary N) is 1. The number of carbonyl (C=O) groups excluding carboxylic acids is 1. The molecule has 0 saturated heterocycles. The number of hydrogen-bond donors (Lipinski definition) is 2. The number of nitrogens with zero attached hydrogens (tertiary/aromatic N) is 3. The molecule has 2 aromatic rings. The summed E-state index contributed by atoms with van der Waals surface area (Å²) in [5, 5.41) is 9.57. The number of aromatic nitrogens is 2. The van der Waals surface area contributed by atoms with Gasteiger partial charge in [0.15, 0.2) is 9.92 Å². The Bertz CT molecular complexity index is 1040. The average molecular weight is 406 g/mol. The standard InChI is InChI=1S/C18H23N5O2S2/c1-3-14-20-9-15(26-14)27(19,25)23-18(24)22-17-11-5-4-6-13(11)21-16-10(2)7-8-12(16)17/h9-10H,3-8H2,1-2H3,(H3,19,21,22,23,24,25)/t10-,27-/m1/s1. The predicted octanol–water partition coefficient (Wildman–Crippen LogP) is 3.57. The Kier molecular flexibility index (Phi) is 4.77. The first kappa shape index (κ1) is 18.5. The zero-order chi connectivity index (χ0) is 19.2. The minimum absolute atomic E-state index is 0.327. The van der Waals surface area contributed by atoms with Gasteiger partial charge in [0.25, 0.3) is 0 Å². The number of hydrogen-bond acceptors (Lipinski definition) is 5. The molecule has 3 N–H and O–H groups in total. The Labute approximate surface area is 163 Å². The third-order valence-electron chi connectivity index (χ3n) is 5.22. The van der Waals surface area contributed by atoms with Crippen LogP contribution in [0.2, 0.25) is 0 Å². The molecule has 27 heavy (non-hydrogen) atoms. The molecule has 144 valence electrons. The maximum atomic E-state index is 12.7. The fourth-order valence-corrected chi connectivity index (χ4v) is 5.89. The number of thiazole rings is 1. The maximum Gasteiger partial charge on any atom is 0.354 e. The van der Waals surface area contributed by atoms with Crippen molar-refractivity contribution < 1.29 is 9.00 Å². The number of amides is 2. The van der Waals surface area contributed by atoms with E-state index in [2.05, 4.69) is 21.6 Å². The van der Waals surface area contributed by atoms with Gasteiger partial charge in [0.2, 0.25) is 0 Å². The number of aryl methyl sites for hydroxylation is 2. The lowest BCUT2D eigenvalue weighted by atomic mass is 10.0. The molecule has 0 aliphatic heterocycles. The molecule has 0 unspecified atom stereocenters. The van der Waals surface area contributed by atoms with Gasteiger partial charge in [0.1, 0.15) is 4.21 Å². The maximum absolute atomic E-state index is 12.7. The molecule has 2 aliphatic carbocycles. The minimum Gasteiger partial charge on any atom is -0.305 e. The van der Waals surface area contributed by atoms with Crippen LogP contribution in [0.5, 0.6) is 0 Å². The molecule has 2 heterocycles. The highest BCUT2D eigenvalue weighted by Gasteiger charge is 2.30. The zero-order valence-corrected chi connectivity index (χ0v) is 17.1. The van der Waals surface area contributed by atoms with Gasteiger partial charge in [-0.15, -0.1) is 15.7 Å². The molecule has 2 atom stereocenters. The molecule has 2 amide bonds. The van der Waals surface area contributed by atoms with Crippen molar-refractivity contribution >= 4 is 33.0 Å². The summed E-state index contributed by atoms with van der Waals surface area (Å²) in [6, 6.07) is -0.670. The van der Waals surface area contributed by atoms with E-state index in [0.29, 0.717) is 10.1 Å². The normalized spacial score (nSPS) is 20.0. The highest BCUT2D eigenvalue weighted by atomic mass is 32.2. The molecule has 0 aromatic carbocycles. The summed E-state index contributed by atoms with van der Waals surface area (Å²) in [5.41, 5.74) is 5.16. The van der Waals surface area contributed by atoms with Crippen LogP contribution in [0.4, 0.5) is 10.5 Å². The second-order valence-electron chi connectivity index (χ2n) is 7.09. The molecule has 4 rings (SSSR count). The van der Waals surface area contributed by atoms with Crippen LogP contribution in [-0.2, 0) is 35.6 Å². The molecule has 0 spiro atoms. The number of rotatable bonds is 3. The number of fused-ring (bicyclic) bond motifs is 2. The van der Waals surface area contributed by atoms with Gasteiger partial charge in [-0.25, -0.2) is 19.1 Å². The van der Waals surface area contributed by atoms with Gasteiger partial charge in [-0.2, -0.15) is 0 Å². The van der Waals surface area contributed by atoms with Crippen molar-refractivity contribution in [1.82, 2.24) is 9.97 Å². The summed E-state index contributed by atoms with van der Waals surface area (Å²) in [6.45, 7) is 4.12. The zero-order valence-electron chi connectivity index (χ0n) is 15.4. The van der Waals surface area contributed by atoms with Crippen LogP contribution in [0, 0.1) is 0 Å². The molecule has 2 aliphatic rings. The van der Waals surface area contributed by atoms with E-state index in [9.17, 15) is 9.00 Å². The Morgan fingerprint density at radius 2 is 2.22 bits per heavy atom. The number of nitrogens with two attached hydrogens (primary N) is 1. The molecule has 0 radical (unpaired) electrons. The molecule has 7 nitrogen and oxygen atoms in total. The van der Waals surface area contributed by atoms with Gasteiger partial charge in [-0.3, -0.25) is 4.98 Å². The van der Waals surface area contributed by atoms with Crippen LogP contribution in [0.25, 0.3) is 0 Å². The molecule has 2 aromatic heterocycles. The Morgan fingerprint density at radius 1 is 1.41 bits per heavy atom.